The van der Waals surface area contributed by atoms with E-state index in [2.05, 4.69) is 33.9 Å². The van der Waals surface area contributed by atoms with Gasteiger partial charge >= 0.3 is 5.97 Å². The van der Waals surface area contributed by atoms with Crippen LogP contribution in [0, 0.1) is 0 Å². The van der Waals surface area contributed by atoms with E-state index in [1.165, 1.54) is 0 Å². The van der Waals surface area contributed by atoms with Gasteiger partial charge in [0.1, 0.15) is 5.60 Å². The van der Waals surface area contributed by atoms with Crippen LogP contribution in [0.4, 0.5) is 5.69 Å². The molecule has 0 aliphatic rings. The molecule has 0 aromatic heterocycles. The number of rotatable bonds is 6. The molecule has 0 heterocycles. The van der Waals surface area contributed by atoms with Gasteiger partial charge in [0.2, 0.25) is 0 Å². The van der Waals surface area contributed by atoms with Gasteiger partial charge in [-0.1, -0.05) is 26.8 Å². The number of benzene rings is 1. The molecule has 0 radical (unpaired) electrons. The molecule has 0 saturated carbocycles. The first kappa shape index (κ1) is 21.7. The molecule has 0 bridgehead atoms. The van der Waals surface area contributed by atoms with Crippen molar-refractivity contribution in [1.29, 1.82) is 0 Å². The molecule has 0 spiro atoms. The summed E-state index contributed by atoms with van der Waals surface area (Å²) in [6, 6.07) is 5.84. The van der Waals surface area contributed by atoms with Crippen LogP contribution in [0.3, 0.4) is 0 Å². The summed E-state index contributed by atoms with van der Waals surface area (Å²) in [5.74, 6) is -0.189. The van der Waals surface area contributed by atoms with Crippen LogP contribution >= 0.6 is 0 Å². The highest BCUT2D eigenvalue weighted by molar-refractivity contribution is 6.74. The Morgan fingerprint density at radius 1 is 1.08 bits per heavy atom. The van der Waals surface area contributed by atoms with Crippen LogP contribution in [-0.4, -0.2) is 19.9 Å². The molecule has 0 fully saturated rings. The van der Waals surface area contributed by atoms with Gasteiger partial charge in [0, 0.05) is 12.1 Å². The second kappa shape index (κ2) is 7.91. The van der Waals surface area contributed by atoms with E-state index in [0.717, 1.165) is 11.1 Å². The molecule has 25 heavy (non-hydrogen) atoms. The van der Waals surface area contributed by atoms with E-state index in [0.29, 0.717) is 25.1 Å². The van der Waals surface area contributed by atoms with Crippen molar-refractivity contribution in [2.75, 3.05) is 5.73 Å². The van der Waals surface area contributed by atoms with Gasteiger partial charge in [-0.2, -0.15) is 0 Å². The third-order valence-electron chi connectivity index (χ3n) is 4.64. The fourth-order valence-corrected chi connectivity index (χ4v) is 3.07. The van der Waals surface area contributed by atoms with Gasteiger partial charge in [0.25, 0.3) is 0 Å². The van der Waals surface area contributed by atoms with Crippen molar-refractivity contribution in [2.24, 2.45) is 0 Å². The molecular weight excluding hydrogens is 330 g/mol. The predicted molar refractivity (Wildman–Crippen MR) is 107 cm³/mol. The van der Waals surface area contributed by atoms with Crippen molar-refractivity contribution < 1.29 is 14.0 Å². The molecule has 5 heteroatoms. The monoisotopic (exact) mass is 365 g/mol. The third kappa shape index (κ3) is 7.20. The Bertz CT molecular complexity index is 598. The molecule has 142 valence electrons. The Labute approximate surface area is 154 Å². The molecule has 4 nitrogen and oxygen atoms in total. The van der Waals surface area contributed by atoms with Crippen LogP contribution in [0.5, 0.6) is 0 Å². The molecule has 0 unspecified atom stereocenters. The molecule has 0 amide bonds. The zero-order chi connectivity index (χ0) is 19.5. The minimum Gasteiger partial charge on any atom is -0.460 e. The lowest BCUT2D eigenvalue weighted by atomic mass is 10.0. The maximum atomic E-state index is 12.0. The van der Waals surface area contributed by atoms with E-state index in [1.807, 2.05) is 39.0 Å². The van der Waals surface area contributed by atoms with Gasteiger partial charge in [0.05, 0.1) is 6.61 Å². The summed E-state index contributed by atoms with van der Waals surface area (Å²) in [6.45, 7) is 17.4. The van der Waals surface area contributed by atoms with Crippen molar-refractivity contribution in [1.82, 2.24) is 0 Å². The van der Waals surface area contributed by atoms with Crippen molar-refractivity contribution in [2.45, 2.75) is 84.7 Å². The third-order valence-corrected chi connectivity index (χ3v) is 9.12. The normalized spacial score (nSPS) is 13.0. The Hall–Kier alpha value is -1.33. The van der Waals surface area contributed by atoms with Crippen molar-refractivity contribution in [3.8, 4) is 0 Å². The number of ether oxygens (including phenoxy) is 1. The highest BCUT2D eigenvalue weighted by Gasteiger charge is 2.37. The van der Waals surface area contributed by atoms with Crippen LogP contribution in [0.25, 0.3) is 0 Å². The molecule has 1 aromatic rings. The molecule has 0 saturated heterocycles. The number of hydrogen-bond donors (Lipinski definition) is 1. The second-order valence-electron chi connectivity index (χ2n) is 9.16. The number of esters is 1. The largest absolute Gasteiger partial charge is 0.460 e. The summed E-state index contributed by atoms with van der Waals surface area (Å²) >= 11 is 0. The van der Waals surface area contributed by atoms with E-state index in [-0.39, 0.29) is 11.0 Å². The number of nitrogen functional groups attached to an aromatic ring is 1. The molecule has 0 atom stereocenters. The SMILES string of the molecule is CC(C)(C)OC(=O)CCc1cc(N)ccc1CO[Si](C)(C)C(C)(C)C. The number of nitrogens with two attached hydrogens (primary N) is 1. The average Bonchev–Trinajstić information content (AvgIpc) is 2.41. The number of carbonyl (C=O) groups is 1. The summed E-state index contributed by atoms with van der Waals surface area (Å²) in [5.41, 5.74) is 8.34. The zero-order valence-corrected chi connectivity index (χ0v) is 18.2. The van der Waals surface area contributed by atoms with E-state index in [9.17, 15) is 4.79 Å². The second-order valence-corrected chi connectivity index (χ2v) is 14.0. The van der Waals surface area contributed by atoms with Crippen LogP contribution in [0.15, 0.2) is 18.2 Å². The van der Waals surface area contributed by atoms with Crippen molar-refractivity contribution >= 4 is 20.0 Å². The van der Waals surface area contributed by atoms with Crippen LogP contribution < -0.4 is 5.73 Å². The van der Waals surface area contributed by atoms with E-state index in [4.69, 9.17) is 14.9 Å². The summed E-state index contributed by atoms with van der Waals surface area (Å²) in [6.07, 6.45) is 0.948. The van der Waals surface area contributed by atoms with Crippen LogP contribution in [0.1, 0.15) is 59.1 Å². The lowest BCUT2D eigenvalue weighted by molar-refractivity contribution is -0.154. The quantitative estimate of drug-likeness (QED) is 0.434. The lowest BCUT2D eigenvalue weighted by Crippen LogP contribution is -2.40. The molecule has 2 N–H and O–H groups in total. The van der Waals surface area contributed by atoms with E-state index in [1.54, 1.807) is 0 Å². The Morgan fingerprint density at radius 3 is 2.20 bits per heavy atom. The molecule has 0 aliphatic heterocycles. The van der Waals surface area contributed by atoms with Gasteiger partial charge < -0.3 is 14.9 Å². The Kier molecular flexibility index (Phi) is 6.87. The van der Waals surface area contributed by atoms with Crippen molar-refractivity contribution in [3.05, 3.63) is 29.3 Å². The number of aryl methyl sites for hydroxylation is 1. The molecule has 1 aromatic carbocycles. The van der Waals surface area contributed by atoms with Crippen molar-refractivity contribution in [3.63, 3.8) is 0 Å². The van der Waals surface area contributed by atoms with Crippen LogP contribution in [-0.2, 0) is 27.0 Å². The predicted octanol–water partition coefficient (Wildman–Crippen LogP) is 5.06. The highest BCUT2D eigenvalue weighted by Crippen LogP contribution is 2.37. The minimum absolute atomic E-state index is 0.164. The van der Waals surface area contributed by atoms with Gasteiger partial charge in [-0.25, -0.2) is 0 Å². The zero-order valence-electron chi connectivity index (χ0n) is 17.2. The maximum Gasteiger partial charge on any atom is 0.306 e. The Balaban J connectivity index is 2.81. The lowest BCUT2D eigenvalue weighted by Gasteiger charge is -2.36. The van der Waals surface area contributed by atoms with Gasteiger partial charge in [0.15, 0.2) is 8.32 Å². The molecular formula is C20H35NO3Si. The van der Waals surface area contributed by atoms with Gasteiger partial charge in [-0.3, -0.25) is 4.79 Å². The van der Waals surface area contributed by atoms with Gasteiger partial charge in [-0.05, 0) is 68.6 Å². The highest BCUT2D eigenvalue weighted by atomic mass is 28.4. The fourth-order valence-electron chi connectivity index (χ4n) is 2.12. The summed E-state index contributed by atoms with van der Waals surface area (Å²) in [5, 5.41) is 0.164. The smallest absolute Gasteiger partial charge is 0.306 e. The maximum absolute atomic E-state index is 12.0. The Morgan fingerprint density at radius 2 is 1.68 bits per heavy atom. The first-order valence-electron chi connectivity index (χ1n) is 8.94. The fraction of sp³-hybridized carbons (Fsp3) is 0.650. The first-order chi connectivity index (χ1) is 11.2. The van der Waals surface area contributed by atoms with E-state index >= 15 is 0 Å². The summed E-state index contributed by atoms with van der Waals surface area (Å²) in [4.78, 5) is 12.0. The van der Waals surface area contributed by atoms with Gasteiger partial charge in [-0.15, -0.1) is 0 Å². The topological polar surface area (TPSA) is 61.5 Å². The van der Waals surface area contributed by atoms with Crippen LogP contribution in [0.2, 0.25) is 18.1 Å². The molecule has 0 aliphatic carbocycles. The average molecular weight is 366 g/mol. The number of carbonyl (C=O) groups excluding carboxylic acids is 1. The molecule has 1 rings (SSSR count). The minimum atomic E-state index is -1.82. The number of hydrogen-bond acceptors (Lipinski definition) is 4. The first-order valence-corrected chi connectivity index (χ1v) is 11.9. The standard InChI is InChI=1S/C20H35NO3Si/c1-19(2,3)24-18(22)12-10-15-13-17(21)11-9-16(15)14-23-25(7,8)20(4,5)6/h9,11,13H,10,12,14,21H2,1-8H3. The summed E-state index contributed by atoms with van der Waals surface area (Å²) < 4.78 is 11.7. The summed E-state index contributed by atoms with van der Waals surface area (Å²) in [7, 11) is -1.82. The number of anilines is 1. The van der Waals surface area contributed by atoms with E-state index < -0.39 is 13.9 Å².